The molecule has 4 N–H and O–H groups in total. The second-order valence-electron chi connectivity index (χ2n) is 38.8. The van der Waals surface area contributed by atoms with E-state index in [1.54, 1.807) is 22.3 Å². The van der Waals surface area contributed by atoms with Gasteiger partial charge in [-0.3, -0.25) is 9.36 Å². The minimum absolute atomic E-state index is 0.0230. The fourth-order valence-electron chi connectivity index (χ4n) is 30.8. The van der Waals surface area contributed by atoms with Crippen LogP contribution >= 0.6 is 8.46 Å². The molecule has 93 heavy (non-hydrogen) atoms. The zero-order valence-corrected chi connectivity index (χ0v) is 62.2. The van der Waals surface area contributed by atoms with Crippen molar-refractivity contribution in [1.82, 2.24) is 0 Å². The molecule has 2 saturated heterocycles. The van der Waals surface area contributed by atoms with Crippen LogP contribution in [0.1, 0.15) is 321 Å². The van der Waals surface area contributed by atoms with Gasteiger partial charge in [0, 0.05) is 23.9 Å². The molecule has 27 atom stereocenters. The standard InChI is InChI=1S/C22H34O.C21H33O2P.C21H34O2.C21H32O2/c1-5-15-6-8-17-18-9-7-16-14-19(2)10-12-21(16,4)22(18,23-19)13-11-20(15,17)3;1-4-14-5-7-17-18-8-6-15-13-16(24-23)9-10-20(15,3)21(18,22)12-11-19(14,17)2;2*1-4-14-5-7-17-18-8-6-15-13-16(22)9-10-20(15,3)21(18,23)12-11-19(14,17)2/h5,16-18H,6-14H2,1-4H3;4,15-18,22H,5-13H2,1-3H3;4,15-18,22-23H,5-13H2,1-3H3;4,15,17-18,23H,5-13H2,1-3H3/b15-5-;3*14-4-/t16?,17?,18?,19-,20+,21-,22+;2*15?,16-,17?,18?,19-,20+,21-;15?,17?,18?,19-,20+,21-/m0111/s1. The van der Waals surface area contributed by atoms with Crippen LogP contribution in [0.3, 0.4) is 0 Å². The summed E-state index contributed by atoms with van der Waals surface area (Å²) in [5.41, 5.74) is 7.87. The Bertz CT molecular complexity index is 3020. The van der Waals surface area contributed by atoms with Crippen LogP contribution in [-0.2, 0) is 14.1 Å². The van der Waals surface area contributed by atoms with E-state index in [0.717, 1.165) is 114 Å². The minimum Gasteiger partial charge on any atom is -0.393 e. The van der Waals surface area contributed by atoms with E-state index in [1.807, 2.05) is 0 Å². The molecule has 1 spiro atoms. The van der Waals surface area contributed by atoms with Crippen molar-refractivity contribution >= 4 is 14.2 Å². The first-order valence-corrected chi connectivity index (χ1v) is 40.9. The predicted octanol–water partition coefficient (Wildman–Crippen LogP) is 20.7. The van der Waals surface area contributed by atoms with Crippen molar-refractivity contribution in [1.29, 1.82) is 0 Å². The Kier molecular flexibility index (Phi) is 17.4. The molecule has 7 nitrogen and oxygen atoms in total. The zero-order chi connectivity index (χ0) is 66.2. The first kappa shape index (κ1) is 68.7. The minimum atomic E-state index is -0.538. The number of hydrogen-bond donors (Lipinski definition) is 4. The number of carbonyl (C=O) groups excluding carboxylic acids is 1. The van der Waals surface area contributed by atoms with Gasteiger partial charge in [0.1, 0.15) is 5.78 Å². The fourth-order valence-corrected chi connectivity index (χ4v) is 31.4. The van der Waals surface area contributed by atoms with E-state index in [1.165, 1.54) is 122 Å². The molecule has 0 radical (unpaired) electrons. The average Bonchev–Trinajstić information content (AvgIpc) is 1.62. The van der Waals surface area contributed by atoms with E-state index in [0.29, 0.717) is 113 Å². The third kappa shape index (κ3) is 9.55. The van der Waals surface area contributed by atoms with Gasteiger partial charge in [-0.15, -0.1) is 0 Å². The van der Waals surface area contributed by atoms with Crippen LogP contribution < -0.4 is 0 Å². The smallest absolute Gasteiger partial charge is 0.158 e. The maximum Gasteiger partial charge on any atom is 0.158 e. The largest absolute Gasteiger partial charge is 0.393 e. The van der Waals surface area contributed by atoms with Crippen LogP contribution in [-0.4, -0.2) is 66.0 Å². The predicted molar refractivity (Wildman–Crippen MR) is 377 cm³/mol. The highest BCUT2D eigenvalue weighted by Gasteiger charge is 2.74. The Morgan fingerprint density at radius 3 is 1.25 bits per heavy atom. The van der Waals surface area contributed by atoms with Gasteiger partial charge in [-0.05, 0) is 362 Å². The van der Waals surface area contributed by atoms with Gasteiger partial charge in [0.15, 0.2) is 8.46 Å². The van der Waals surface area contributed by atoms with Crippen molar-refractivity contribution in [3.8, 4) is 0 Å². The molecule has 2 heterocycles. The molecule has 8 heteroatoms. The lowest BCUT2D eigenvalue weighted by Crippen LogP contribution is -2.73. The molecule has 12 unspecified atom stereocenters. The molecule has 16 saturated carbocycles. The van der Waals surface area contributed by atoms with Gasteiger partial charge in [0.25, 0.3) is 0 Å². The average molecular weight is 1300 g/mol. The van der Waals surface area contributed by atoms with Crippen LogP contribution in [0.5, 0.6) is 0 Å². The van der Waals surface area contributed by atoms with Crippen molar-refractivity contribution in [3.05, 3.63) is 46.6 Å². The molecule has 520 valence electrons. The molecule has 0 aromatic heterocycles. The molecule has 18 fully saturated rings. The van der Waals surface area contributed by atoms with E-state index >= 15 is 0 Å². The normalized spacial score (nSPS) is 57.6. The van der Waals surface area contributed by atoms with Gasteiger partial charge in [-0.25, -0.2) is 0 Å². The van der Waals surface area contributed by atoms with E-state index < -0.39 is 16.8 Å². The lowest BCUT2D eigenvalue weighted by Gasteiger charge is -2.73. The maximum atomic E-state index is 12.0. The van der Waals surface area contributed by atoms with Crippen LogP contribution in [0, 0.1) is 114 Å². The topological polar surface area (TPSA) is 124 Å². The van der Waals surface area contributed by atoms with Crippen LogP contribution in [0.25, 0.3) is 0 Å². The van der Waals surface area contributed by atoms with E-state index in [2.05, 4.69) is 114 Å². The SMILES string of the molecule is C/C=C1/CCC2C3CCC4CC(=O)CC[C@]4(C)[C@@]3(O)CC[C@]12C.C/C=C1/CCC2C3CCC4C[C@H](O)CC[C@]4(C)[C@@]3(O)CC[C@]12C.C/C=C1/CCC2C3CCC4C[C@H](P=O)CC[C@]4(C)[C@@]3(O)CC[C@]12C.C/C=C1/CCC2C3CCC4C[C@]5(C)CC[C@]4(C)[C@]3(CC[C@]12C)O5. The van der Waals surface area contributed by atoms with Crippen molar-refractivity contribution in [2.24, 2.45) is 114 Å². The Labute approximate surface area is 567 Å². The molecule has 18 rings (SSSR count). The molecule has 18 aliphatic rings. The molecular formula is C85H133O7P. The van der Waals surface area contributed by atoms with E-state index in [9.17, 15) is 29.8 Å². The quantitative estimate of drug-likeness (QED) is 0.152. The Morgan fingerprint density at radius 2 is 0.785 bits per heavy atom. The summed E-state index contributed by atoms with van der Waals surface area (Å²) in [7, 11) is 0.325. The van der Waals surface area contributed by atoms with Gasteiger partial charge in [-0.2, -0.15) is 0 Å². The highest BCUT2D eigenvalue weighted by Crippen LogP contribution is 2.76. The zero-order valence-electron chi connectivity index (χ0n) is 61.3. The Balaban J connectivity index is 0.000000107. The number of ketones is 1. The fraction of sp³-hybridized carbons (Fsp3) is 0.894. The van der Waals surface area contributed by atoms with Gasteiger partial charge < -0.3 is 25.2 Å². The maximum absolute atomic E-state index is 12.0. The summed E-state index contributed by atoms with van der Waals surface area (Å²) < 4.78 is 18.5. The van der Waals surface area contributed by atoms with E-state index in [-0.39, 0.29) is 33.6 Å². The number of Topliss-reactive ketones (excluding diaryl/α,β-unsaturated/α-hetero) is 1. The number of ether oxygens (including phenoxy) is 1. The highest BCUT2D eigenvalue weighted by atomic mass is 31.1. The van der Waals surface area contributed by atoms with Crippen molar-refractivity contribution in [2.45, 2.75) is 361 Å². The summed E-state index contributed by atoms with van der Waals surface area (Å²) >= 11 is 0. The summed E-state index contributed by atoms with van der Waals surface area (Å²) in [4.78, 5) is 12.0. The number of rotatable bonds is 1. The number of aliphatic hydroxyl groups excluding tert-OH is 1. The van der Waals surface area contributed by atoms with Gasteiger partial charge in [-0.1, -0.05) is 102 Å². The van der Waals surface area contributed by atoms with Crippen LogP contribution in [0.2, 0.25) is 0 Å². The summed E-state index contributed by atoms with van der Waals surface area (Å²) in [6.07, 6.45) is 50.9. The van der Waals surface area contributed by atoms with Crippen molar-refractivity contribution in [2.75, 3.05) is 0 Å². The molecular weight excluding hydrogens is 1160 g/mol. The first-order valence-electron chi connectivity index (χ1n) is 40.0. The molecule has 0 aromatic rings. The Morgan fingerprint density at radius 1 is 0.387 bits per heavy atom. The molecule has 2 aliphatic heterocycles. The number of hydrogen-bond acceptors (Lipinski definition) is 7. The lowest BCUT2D eigenvalue weighted by atomic mass is 9.40. The number of carbonyl (C=O) groups is 1. The molecule has 0 aromatic carbocycles. The number of aliphatic hydroxyl groups is 4. The monoisotopic (exact) mass is 1300 g/mol. The van der Waals surface area contributed by atoms with Crippen molar-refractivity contribution < 1.29 is 34.5 Å². The molecule has 4 bridgehead atoms. The summed E-state index contributed by atoms with van der Waals surface area (Å²) in [5, 5.41) is 46.0. The molecule has 16 aliphatic carbocycles. The summed E-state index contributed by atoms with van der Waals surface area (Å²) in [5.74, 6) is 7.88. The number of fused-ring (bicyclic) bond motifs is 18. The van der Waals surface area contributed by atoms with Crippen LogP contribution in [0.15, 0.2) is 46.6 Å². The van der Waals surface area contributed by atoms with Gasteiger partial charge >= 0.3 is 0 Å². The first-order chi connectivity index (χ1) is 44.0. The molecule has 0 amide bonds. The van der Waals surface area contributed by atoms with E-state index in [4.69, 9.17) is 4.74 Å². The van der Waals surface area contributed by atoms with Crippen LogP contribution in [0.4, 0.5) is 0 Å². The lowest BCUT2D eigenvalue weighted by molar-refractivity contribution is -0.358. The third-order valence-corrected chi connectivity index (χ3v) is 37.5. The summed E-state index contributed by atoms with van der Waals surface area (Å²) in [6, 6.07) is 0. The second kappa shape index (κ2) is 23.6. The van der Waals surface area contributed by atoms with Gasteiger partial charge in [0.05, 0.1) is 34.1 Å². The third-order valence-electron chi connectivity index (χ3n) is 36.8. The number of allylic oxidation sites excluding steroid dienone is 8. The highest BCUT2D eigenvalue weighted by molar-refractivity contribution is 7.24. The summed E-state index contributed by atoms with van der Waals surface area (Å²) in [6.45, 7) is 30.9. The second-order valence-corrected chi connectivity index (χ2v) is 39.8. The van der Waals surface area contributed by atoms with Crippen molar-refractivity contribution in [3.63, 3.8) is 0 Å². The van der Waals surface area contributed by atoms with Gasteiger partial charge in [0.2, 0.25) is 0 Å². The Hall–Kier alpha value is -1.47.